The van der Waals surface area contributed by atoms with Crippen LogP contribution in [0.2, 0.25) is 0 Å². The van der Waals surface area contributed by atoms with Crippen molar-refractivity contribution in [2.75, 3.05) is 12.3 Å². The third kappa shape index (κ3) is 1.89. The van der Waals surface area contributed by atoms with E-state index in [-0.39, 0.29) is 12.2 Å². The molecule has 20 heavy (non-hydrogen) atoms. The molecule has 0 aliphatic carbocycles. The summed E-state index contributed by atoms with van der Waals surface area (Å²) < 4.78 is 29.3. The lowest BCUT2D eigenvalue weighted by atomic mass is 10.1. The van der Waals surface area contributed by atoms with Gasteiger partial charge >= 0.3 is 0 Å². The summed E-state index contributed by atoms with van der Waals surface area (Å²) in [4.78, 5) is 13.6. The Hall–Kier alpha value is -2.51. The second kappa shape index (κ2) is 4.55. The molecule has 1 aliphatic rings. The van der Waals surface area contributed by atoms with E-state index in [1.165, 1.54) is 4.90 Å². The van der Waals surface area contributed by atoms with Crippen molar-refractivity contribution in [3.8, 4) is 0 Å². The van der Waals surface area contributed by atoms with E-state index < -0.39 is 23.1 Å². The van der Waals surface area contributed by atoms with Gasteiger partial charge in [0.05, 0.1) is 12.2 Å². The molecule has 0 saturated heterocycles. The second-order valence-electron chi connectivity index (χ2n) is 4.49. The molecule has 2 aromatic rings. The summed E-state index contributed by atoms with van der Waals surface area (Å²) in [6, 6.07) is 2.08. The van der Waals surface area contributed by atoms with E-state index in [1.54, 1.807) is 10.9 Å². The van der Waals surface area contributed by atoms with Crippen LogP contribution in [0.3, 0.4) is 0 Å². The van der Waals surface area contributed by atoms with Crippen LogP contribution in [-0.2, 0) is 13.1 Å². The molecule has 0 bridgehead atoms. The number of rotatable bonds is 1. The van der Waals surface area contributed by atoms with Crippen molar-refractivity contribution >= 4 is 11.6 Å². The highest BCUT2D eigenvalue weighted by Crippen LogP contribution is 2.22. The predicted molar refractivity (Wildman–Crippen MR) is 65.5 cm³/mol. The Labute approximate surface area is 112 Å². The molecule has 0 spiro atoms. The smallest absolute Gasteiger partial charge is 0.260 e. The summed E-state index contributed by atoms with van der Waals surface area (Å²) in [5.41, 5.74) is 4.50. The minimum atomic E-state index is -1.03. The van der Waals surface area contributed by atoms with Crippen LogP contribution in [0.5, 0.6) is 0 Å². The monoisotopic (exact) mass is 279 g/mol. The molecule has 0 fully saturated rings. The third-order valence-electron chi connectivity index (χ3n) is 3.26. The van der Waals surface area contributed by atoms with Gasteiger partial charge in [0.15, 0.2) is 11.6 Å². The number of hydrogen-bond acceptors (Lipinski definition) is 4. The number of amides is 1. The molecule has 2 N–H and O–H groups in total. The molecular formula is C12H11F2N5O. The molecule has 1 aromatic heterocycles. The van der Waals surface area contributed by atoms with Crippen LogP contribution in [-0.4, -0.2) is 32.1 Å². The summed E-state index contributed by atoms with van der Waals surface area (Å²) in [6.45, 7) is 0.976. The lowest BCUT2D eigenvalue weighted by Crippen LogP contribution is -2.39. The van der Waals surface area contributed by atoms with Gasteiger partial charge in [0, 0.05) is 13.1 Å². The lowest BCUT2D eigenvalue weighted by molar-refractivity contribution is 0.0697. The Balaban J connectivity index is 1.93. The molecule has 0 unspecified atom stereocenters. The van der Waals surface area contributed by atoms with Gasteiger partial charge in [-0.2, -0.15) is 0 Å². The van der Waals surface area contributed by atoms with Gasteiger partial charge in [0.2, 0.25) is 0 Å². The fourth-order valence-corrected chi connectivity index (χ4v) is 2.16. The molecular weight excluding hydrogens is 268 g/mol. The Kier molecular flexibility index (Phi) is 2.85. The molecule has 0 saturated carbocycles. The first-order valence-corrected chi connectivity index (χ1v) is 5.97. The fourth-order valence-electron chi connectivity index (χ4n) is 2.16. The Morgan fingerprint density at radius 1 is 1.30 bits per heavy atom. The summed E-state index contributed by atoms with van der Waals surface area (Å²) in [5.74, 6) is -2.10. The Bertz CT molecular complexity index is 684. The molecule has 1 aliphatic heterocycles. The summed E-state index contributed by atoms with van der Waals surface area (Å²) in [6.07, 6.45) is 1.55. The minimum absolute atomic E-state index is 0.159. The number of aromatic nitrogens is 3. The summed E-state index contributed by atoms with van der Waals surface area (Å²) in [7, 11) is 0. The van der Waals surface area contributed by atoms with Gasteiger partial charge in [-0.15, -0.1) is 10.2 Å². The van der Waals surface area contributed by atoms with Crippen LogP contribution in [0, 0.1) is 11.6 Å². The van der Waals surface area contributed by atoms with Gasteiger partial charge in [0.1, 0.15) is 17.7 Å². The standard InChI is InChI=1S/C12H11F2N5O/c13-7-1-2-8(15)11(14)10(7)12(20)18-3-4-19-6-16-17-9(19)5-18/h1-2,6H,3-5,15H2. The van der Waals surface area contributed by atoms with Gasteiger partial charge in [-0.05, 0) is 12.1 Å². The van der Waals surface area contributed by atoms with Gasteiger partial charge < -0.3 is 15.2 Å². The predicted octanol–water partition coefficient (Wildman–Crippen LogP) is 0.795. The molecule has 0 atom stereocenters. The highest BCUT2D eigenvalue weighted by atomic mass is 19.1. The average molecular weight is 279 g/mol. The maximum Gasteiger partial charge on any atom is 0.260 e. The molecule has 104 valence electrons. The van der Waals surface area contributed by atoms with Crippen molar-refractivity contribution in [2.45, 2.75) is 13.1 Å². The van der Waals surface area contributed by atoms with Crippen molar-refractivity contribution in [1.29, 1.82) is 0 Å². The zero-order valence-electron chi connectivity index (χ0n) is 10.4. The lowest BCUT2D eigenvalue weighted by Gasteiger charge is -2.27. The molecule has 8 heteroatoms. The number of nitrogens with zero attached hydrogens (tertiary/aromatic N) is 4. The van der Waals surface area contributed by atoms with Crippen molar-refractivity contribution in [2.24, 2.45) is 0 Å². The summed E-state index contributed by atoms with van der Waals surface area (Å²) in [5, 5.41) is 7.58. The first-order valence-electron chi connectivity index (χ1n) is 5.97. The number of benzene rings is 1. The van der Waals surface area contributed by atoms with Crippen LogP contribution < -0.4 is 5.73 Å². The largest absolute Gasteiger partial charge is 0.396 e. The maximum atomic E-state index is 13.9. The van der Waals surface area contributed by atoms with E-state index in [1.807, 2.05) is 0 Å². The number of carbonyl (C=O) groups is 1. The first kappa shape index (κ1) is 12.5. The van der Waals surface area contributed by atoms with Crippen molar-refractivity contribution in [3.63, 3.8) is 0 Å². The Morgan fingerprint density at radius 3 is 2.90 bits per heavy atom. The number of halogens is 2. The normalized spacial score (nSPS) is 14.2. The number of carbonyl (C=O) groups excluding carboxylic acids is 1. The molecule has 0 radical (unpaired) electrons. The maximum absolute atomic E-state index is 13.9. The van der Waals surface area contributed by atoms with Crippen molar-refractivity contribution < 1.29 is 13.6 Å². The van der Waals surface area contributed by atoms with Crippen LogP contribution in [0.1, 0.15) is 16.2 Å². The number of nitrogen functional groups attached to an aromatic ring is 1. The summed E-state index contributed by atoms with van der Waals surface area (Å²) >= 11 is 0. The molecule has 1 aromatic carbocycles. The van der Waals surface area contributed by atoms with Crippen LogP contribution in [0.25, 0.3) is 0 Å². The second-order valence-corrected chi connectivity index (χ2v) is 4.49. The van der Waals surface area contributed by atoms with Crippen LogP contribution in [0.15, 0.2) is 18.5 Å². The third-order valence-corrected chi connectivity index (χ3v) is 3.26. The van der Waals surface area contributed by atoms with E-state index in [2.05, 4.69) is 10.2 Å². The van der Waals surface area contributed by atoms with E-state index in [9.17, 15) is 13.6 Å². The Morgan fingerprint density at radius 2 is 2.10 bits per heavy atom. The van der Waals surface area contributed by atoms with Crippen molar-refractivity contribution in [1.82, 2.24) is 19.7 Å². The van der Waals surface area contributed by atoms with Crippen LogP contribution >= 0.6 is 0 Å². The molecule has 1 amide bonds. The first-order chi connectivity index (χ1) is 9.58. The zero-order chi connectivity index (χ0) is 14.3. The van der Waals surface area contributed by atoms with E-state index in [4.69, 9.17) is 5.73 Å². The van der Waals surface area contributed by atoms with Gasteiger partial charge in [0.25, 0.3) is 5.91 Å². The highest BCUT2D eigenvalue weighted by Gasteiger charge is 2.28. The van der Waals surface area contributed by atoms with Crippen molar-refractivity contribution in [3.05, 3.63) is 41.5 Å². The minimum Gasteiger partial charge on any atom is -0.396 e. The van der Waals surface area contributed by atoms with Gasteiger partial charge in [-0.25, -0.2) is 8.78 Å². The fraction of sp³-hybridized carbons (Fsp3) is 0.250. The highest BCUT2D eigenvalue weighted by molar-refractivity contribution is 5.95. The average Bonchev–Trinajstić information content (AvgIpc) is 2.90. The van der Waals surface area contributed by atoms with Crippen LogP contribution in [0.4, 0.5) is 14.5 Å². The van der Waals surface area contributed by atoms with E-state index in [0.717, 1.165) is 12.1 Å². The SMILES string of the molecule is Nc1ccc(F)c(C(=O)N2CCn3cnnc3C2)c1F. The van der Waals surface area contributed by atoms with E-state index in [0.29, 0.717) is 18.9 Å². The number of fused-ring (bicyclic) bond motifs is 1. The molecule has 2 heterocycles. The number of hydrogen-bond donors (Lipinski definition) is 1. The zero-order valence-corrected chi connectivity index (χ0v) is 10.4. The van der Waals surface area contributed by atoms with E-state index >= 15 is 0 Å². The molecule has 3 rings (SSSR count). The number of anilines is 1. The van der Waals surface area contributed by atoms with Gasteiger partial charge in [-0.3, -0.25) is 4.79 Å². The van der Waals surface area contributed by atoms with Gasteiger partial charge in [-0.1, -0.05) is 0 Å². The topological polar surface area (TPSA) is 77.0 Å². The number of nitrogens with two attached hydrogens (primary N) is 1. The quantitative estimate of drug-likeness (QED) is 0.783. The molecule has 6 nitrogen and oxygen atoms in total.